The predicted octanol–water partition coefficient (Wildman–Crippen LogP) is 2.25. The van der Waals surface area contributed by atoms with Gasteiger partial charge in [0, 0.05) is 12.3 Å². The summed E-state index contributed by atoms with van der Waals surface area (Å²) >= 11 is 0. The number of hydrogen-bond acceptors (Lipinski definition) is 3. The van der Waals surface area contributed by atoms with Gasteiger partial charge in [-0.2, -0.15) is 0 Å². The molecule has 0 aliphatic heterocycles. The molecule has 1 heterocycles. The molecule has 1 rings (SSSR count). The number of hydrogen-bond donors (Lipinski definition) is 0. The van der Waals surface area contributed by atoms with Crippen LogP contribution in [-0.4, -0.2) is 16.3 Å². The Balaban J connectivity index is 2.66. The van der Waals surface area contributed by atoms with E-state index in [-0.39, 0.29) is 0 Å². The molecule has 0 atom stereocenters. The summed E-state index contributed by atoms with van der Waals surface area (Å²) in [5.74, 6) is -0.471. The van der Waals surface area contributed by atoms with E-state index in [2.05, 4.69) is 14.7 Å². The smallest absolute Gasteiger partial charge is 0.284 e. The lowest BCUT2D eigenvalue weighted by molar-refractivity contribution is -0.331. The average molecular weight is 227 g/mol. The van der Waals surface area contributed by atoms with Crippen LogP contribution in [0.5, 0.6) is 0 Å². The van der Waals surface area contributed by atoms with Crippen LogP contribution in [0, 0.1) is 6.07 Å². The third kappa shape index (κ3) is 4.15. The van der Waals surface area contributed by atoms with Crippen LogP contribution in [0.2, 0.25) is 0 Å². The van der Waals surface area contributed by atoms with Crippen molar-refractivity contribution in [3.8, 4) is 0 Å². The predicted molar refractivity (Wildman–Crippen MR) is 36.7 cm³/mol. The molecule has 0 aromatic carbocycles. The monoisotopic (exact) mass is 227 g/mol. The molecule has 3 nitrogen and oxygen atoms in total. The standard InChI is InChI=1S/C7H4F5N2O/c8-6(9)4-1-2-13-5(14-4)3-15-7(10,11)12/h2,6H,3H2. The third-order valence-electron chi connectivity index (χ3n) is 1.25. The van der Waals surface area contributed by atoms with E-state index in [0.717, 1.165) is 6.20 Å². The minimum atomic E-state index is -4.84. The maximum absolute atomic E-state index is 12.0. The van der Waals surface area contributed by atoms with Gasteiger partial charge in [-0.1, -0.05) is 0 Å². The highest BCUT2D eigenvalue weighted by molar-refractivity contribution is 5.01. The van der Waals surface area contributed by atoms with Gasteiger partial charge in [0.15, 0.2) is 5.82 Å². The molecule has 0 saturated heterocycles. The van der Waals surface area contributed by atoms with Gasteiger partial charge in [-0.25, -0.2) is 18.7 Å². The normalized spacial score (nSPS) is 12.1. The summed E-state index contributed by atoms with van der Waals surface area (Å²) in [6.45, 7) is -1.00. The maximum Gasteiger partial charge on any atom is 0.522 e. The Hall–Kier alpha value is -1.31. The first-order valence-electron chi connectivity index (χ1n) is 3.61. The topological polar surface area (TPSA) is 35.0 Å². The second kappa shape index (κ2) is 4.47. The summed E-state index contributed by atoms with van der Waals surface area (Å²) in [6, 6.07) is 2.00. The molecule has 8 heteroatoms. The molecular weight excluding hydrogens is 223 g/mol. The van der Waals surface area contributed by atoms with Gasteiger partial charge < -0.3 is 0 Å². The van der Waals surface area contributed by atoms with Crippen molar-refractivity contribution in [1.29, 1.82) is 0 Å². The van der Waals surface area contributed by atoms with E-state index in [4.69, 9.17) is 0 Å². The lowest BCUT2D eigenvalue weighted by Gasteiger charge is -2.06. The zero-order valence-electron chi connectivity index (χ0n) is 7.05. The zero-order valence-corrected chi connectivity index (χ0v) is 7.05. The first-order valence-corrected chi connectivity index (χ1v) is 3.61. The lowest BCUT2D eigenvalue weighted by Crippen LogP contribution is -2.14. The second-order valence-corrected chi connectivity index (χ2v) is 2.35. The third-order valence-corrected chi connectivity index (χ3v) is 1.25. The number of ether oxygens (including phenoxy) is 1. The van der Waals surface area contributed by atoms with E-state index in [0.29, 0.717) is 0 Å². The summed E-state index contributed by atoms with van der Waals surface area (Å²) < 4.78 is 62.1. The molecule has 0 amide bonds. The Bertz CT molecular complexity index is 327. The Kier molecular flexibility index (Phi) is 3.51. The number of alkyl halides is 5. The van der Waals surface area contributed by atoms with Crippen molar-refractivity contribution in [3.63, 3.8) is 0 Å². The fraction of sp³-hybridized carbons (Fsp3) is 0.429. The van der Waals surface area contributed by atoms with Gasteiger partial charge in [0.25, 0.3) is 6.43 Å². The molecule has 1 aromatic rings. The van der Waals surface area contributed by atoms with Crippen LogP contribution in [0.4, 0.5) is 22.0 Å². The number of nitrogens with zero attached hydrogens (tertiary/aromatic N) is 2. The van der Waals surface area contributed by atoms with Crippen molar-refractivity contribution in [3.05, 3.63) is 23.8 Å². The van der Waals surface area contributed by atoms with E-state index < -0.39 is 30.9 Å². The summed E-state index contributed by atoms with van der Waals surface area (Å²) in [5, 5.41) is 0. The first-order chi connectivity index (χ1) is 6.88. The molecule has 0 N–H and O–H groups in total. The average Bonchev–Trinajstić information content (AvgIpc) is 2.14. The molecular formula is C7H4F5N2O. The Morgan fingerprint density at radius 2 is 2.07 bits per heavy atom. The molecule has 0 fully saturated rings. The van der Waals surface area contributed by atoms with Crippen LogP contribution < -0.4 is 0 Å². The molecule has 0 unspecified atom stereocenters. The van der Waals surface area contributed by atoms with Crippen molar-refractivity contribution in [2.75, 3.05) is 0 Å². The highest BCUT2D eigenvalue weighted by atomic mass is 19.4. The minimum absolute atomic E-state index is 0.471. The minimum Gasteiger partial charge on any atom is -0.284 e. The van der Waals surface area contributed by atoms with Crippen LogP contribution in [0.3, 0.4) is 0 Å². The van der Waals surface area contributed by atoms with Crippen molar-refractivity contribution in [2.24, 2.45) is 0 Å². The molecule has 0 spiro atoms. The van der Waals surface area contributed by atoms with Crippen molar-refractivity contribution >= 4 is 0 Å². The quantitative estimate of drug-likeness (QED) is 0.743. The molecule has 0 saturated carbocycles. The summed E-state index contributed by atoms with van der Waals surface area (Å²) in [4.78, 5) is 6.43. The first kappa shape index (κ1) is 11.8. The van der Waals surface area contributed by atoms with Gasteiger partial charge in [0.1, 0.15) is 12.3 Å². The van der Waals surface area contributed by atoms with Gasteiger partial charge >= 0.3 is 6.36 Å². The summed E-state index contributed by atoms with van der Waals surface area (Å²) in [5.41, 5.74) is -0.759. The van der Waals surface area contributed by atoms with Crippen LogP contribution in [-0.2, 0) is 11.3 Å². The van der Waals surface area contributed by atoms with Gasteiger partial charge in [0.2, 0.25) is 0 Å². The molecule has 0 aliphatic carbocycles. The maximum atomic E-state index is 12.0. The highest BCUT2D eigenvalue weighted by Crippen LogP contribution is 2.19. The Morgan fingerprint density at radius 3 is 2.60 bits per heavy atom. The molecule has 1 radical (unpaired) electrons. The number of aromatic nitrogens is 2. The van der Waals surface area contributed by atoms with Crippen LogP contribution in [0.1, 0.15) is 17.9 Å². The SMILES string of the molecule is FC(F)c1[c]cnc(COC(F)(F)F)n1. The van der Waals surface area contributed by atoms with Gasteiger partial charge in [-0.05, 0) is 0 Å². The van der Waals surface area contributed by atoms with Crippen molar-refractivity contribution in [2.45, 2.75) is 19.4 Å². The fourth-order valence-corrected chi connectivity index (χ4v) is 0.701. The molecule has 15 heavy (non-hydrogen) atoms. The van der Waals surface area contributed by atoms with Gasteiger partial charge in [-0.15, -0.1) is 13.2 Å². The second-order valence-electron chi connectivity index (χ2n) is 2.35. The van der Waals surface area contributed by atoms with E-state index >= 15 is 0 Å². The Morgan fingerprint density at radius 1 is 1.40 bits per heavy atom. The van der Waals surface area contributed by atoms with E-state index in [1.807, 2.05) is 6.07 Å². The van der Waals surface area contributed by atoms with Crippen LogP contribution in [0.15, 0.2) is 6.20 Å². The molecule has 1 aromatic heterocycles. The fourth-order valence-electron chi connectivity index (χ4n) is 0.701. The zero-order chi connectivity index (χ0) is 11.5. The molecule has 83 valence electrons. The van der Waals surface area contributed by atoms with E-state index in [1.54, 1.807) is 0 Å². The van der Waals surface area contributed by atoms with Crippen LogP contribution in [0.25, 0.3) is 0 Å². The summed E-state index contributed by atoms with van der Waals surface area (Å²) in [7, 11) is 0. The van der Waals surface area contributed by atoms with Gasteiger partial charge in [0.05, 0.1) is 0 Å². The van der Waals surface area contributed by atoms with Crippen LogP contribution >= 0.6 is 0 Å². The number of halogens is 5. The van der Waals surface area contributed by atoms with Crippen molar-refractivity contribution < 1.29 is 26.7 Å². The lowest BCUT2D eigenvalue weighted by atomic mass is 10.4. The van der Waals surface area contributed by atoms with Gasteiger partial charge in [-0.3, -0.25) is 4.74 Å². The molecule has 0 aliphatic rings. The van der Waals surface area contributed by atoms with Crippen molar-refractivity contribution in [1.82, 2.24) is 9.97 Å². The number of rotatable bonds is 3. The summed E-state index contributed by atoms with van der Waals surface area (Å²) in [6.07, 6.45) is -6.92. The molecule has 0 bridgehead atoms. The largest absolute Gasteiger partial charge is 0.522 e. The van der Waals surface area contributed by atoms with E-state index in [1.165, 1.54) is 0 Å². The highest BCUT2D eigenvalue weighted by Gasteiger charge is 2.29. The Labute approximate surface area is 80.9 Å². The van der Waals surface area contributed by atoms with E-state index in [9.17, 15) is 22.0 Å².